The summed E-state index contributed by atoms with van der Waals surface area (Å²) in [5, 5.41) is 3.51. The Labute approximate surface area is 111 Å². The van der Waals surface area contributed by atoms with Crippen LogP contribution in [0.15, 0.2) is 42.5 Å². The van der Waals surface area contributed by atoms with Crippen molar-refractivity contribution in [2.24, 2.45) is 0 Å². The smallest absolute Gasteiger partial charge is 0.0931 e. The Bertz CT molecular complexity index is 452. The summed E-state index contributed by atoms with van der Waals surface area (Å²) >= 11 is 7.57. The predicted molar refractivity (Wildman–Crippen MR) is 75.9 cm³/mol. The molecular formula is C14H16ClNS. The van der Waals surface area contributed by atoms with Gasteiger partial charge in [0.1, 0.15) is 0 Å². The summed E-state index contributed by atoms with van der Waals surface area (Å²) in [6, 6.07) is 15.0. The normalized spacial score (nSPS) is 12.6. The van der Waals surface area contributed by atoms with Crippen LogP contribution in [0.4, 0.5) is 0 Å². The van der Waals surface area contributed by atoms with Crippen molar-refractivity contribution in [3.63, 3.8) is 0 Å². The van der Waals surface area contributed by atoms with E-state index in [2.05, 4.69) is 42.6 Å². The molecule has 0 bridgehead atoms. The van der Waals surface area contributed by atoms with E-state index in [4.69, 9.17) is 11.6 Å². The number of benzene rings is 1. The number of thiophene rings is 1. The van der Waals surface area contributed by atoms with Crippen LogP contribution in [0.3, 0.4) is 0 Å². The Morgan fingerprint density at radius 2 is 1.94 bits per heavy atom. The van der Waals surface area contributed by atoms with Gasteiger partial charge in [-0.1, -0.05) is 41.9 Å². The molecule has 1 N–H and O–H groups in total. The van der Waals surface area contributed by atoms with Gasteiger partial charge in [0.2, 0.25) is 0 Å². The van der Waals surface area contributed by atoms with Crippen LogP contribution in [-0.2, 0) is 6.42 Å². The van der Waals surface area contributed by atoms with Gasteiger partial charge in [-0.25, -0.2) is 0 Å². The van der Waals surface area contributed by atoms with Gasteiger partial charge >= 0.3 is 0 Å². The second-order valence-corrected chi connectivity index (χ2v) is 5.80. The zero-order chi connectivity index (χ0) is 12.1. The zero-order valence-corrected chi connectivity index (χ0v) is 11.4. The summed E-state index contributed by atoms with van der Waals surface area (Å²) in [6.45, 7) is 3.16. The molecule has 3 heteroatoms. The fraction of sp³-hybridized carbons (Fsp3) is 0.286. The second kappa shape index (κ2) is 6.20. The van der Waals surface area contributed by atoms with E-state index in [1.165, 1.54) is 10.4 Å². The molecule has 0 fully saturated rings. The first kappa shape index (κ1) is 12.6. The van der Waals surface area contributed by atoms with Crippen LogP contribution in [0, 0.1) is 0 Å². The molecule has 0 amide bonds. The van der Waals surface area contributed by atoms with Crippen molar-refractivity contribution in [1.82, 2.24) is 5.32 Å². The lowest BCUT2D eigenvalue weighted by atomic mass is 10.1. The maximum atomic E-state index is 5.93. The van der Waals surface area contributed by atoms with Crippen molar-refractivity contribution < 1.29 is 0 Å². The highest BCUT2D eigenvalue weighted by Gasteiger charge is 2.06. The van der Waals surface area contributed by atoms with Gasteiger partial charge in [-0.15, -0.1) is 11.3 Å². The molecule has 2 rings (SSSR count). The van der Waals surface area contributed by atoms with E-state index in [1.807, 2.05) is 12.1 Å². The number of hydrogen-bond donors (Lipinski definition) is 1. The highest BCUT2D eigenvalue weighted by Crippen LogP contribution is 2.26. The zero-order valence-electron chi connectivity index (χ0n) is 9.82. The van der Waals surface area contributed by atoms with Gasteiger partial charge in [-0.3, -0.25) is 0 Å². The lowest BCUT2D eigenvalue weighted by Gasteiger charge is -2.11. The third-order valence-corrected chi connectivity index (χ3v) is 4.14. The van der Waals surface area contributed by atoms with E-state index in [1.54, 1.807) is 11.3 Å². The molecule has 90 valence electrons. The third kappa shape index (κ3) is 3.84. The molecule has 0 aliphatic rings. The van der Waals surface area contributed by atoms with E-state index in [-0.39, 0.29) is 0 Å². The summed E-state index contributed by atoms with van der Waals surface area (Å²) in [5.74, 6) is 0. The molecule has 0 spiro atoms. The van der Waals surface area contributed by atoms with Crippen molar-refractivity contribution in [2.45, 2.75) is 19.4 Å². The van der Waals surface area contributed by atoms with Crippen LogP contribution in [0.1, 0.15) is 23.4 Å². The first-order valence-electron chi connectivity index (χ1n) is 5.78. The summed E-state index contributed by atoms with van der Waals surface area (Å²) < 4.78 is 0.858. The molecule has 1 nitrogen and oxygen atoms in total. The third-order valence-electron chi connectivity index (χ3n) is 2.73. The largest absolute Gasteiger partial charge is 0.309 e. The molecular weight excluding hydrogens is 250 g/mol. The molecule has 2 aromatic rings. The molecule has 0 saturated heterocycles. The van der Waals surface area contributed by atoms with E-state index in [0.717, 1.165) is 17.3 Å². The Hall–Kier alpha value is -0.830. The molecule has 1 unspecified atom stereocenters. The molecule has 0 aliphatic heterocycles. The Balaban J connectivity index is 1.79. The van der Waals surface area contributed by atoms with Crippen molar-refractivity contribution in [1.29, 1.82) is 0 Å². The fourth-order valence-electron chi connectivity index (χ4n) is 1.74. The molecule has 1 atom stereocenters. The average molecular weight is 266 g/mol. The van der Waals surface area contributed by atoms with Gasteiger partial charge in [-0.2, -0.15) is 0 Å². The van der Waals surface area contributed by atoms with E-state index < -0.39 is 0 Å². The number of nitrogens with one attached hydrogen (secondary N) is 1. The number of hydrogen-bond acceptors (Lipinski definition) is 2. The SMILES string of the molecule is CC(NCCc1ccccc1)c1ccc(Cl)s1. The maximum absolute atomic E-state index is 5.93. The predicted octanol–water partition coefficient (Wildman–Crippen LogP) is 4.29. The van der Waals surface area contributed by atoms with Gasteiger partial charge in [0.05, 0.1) is 4.34 Å². The molecule has 1 aromatic heterocycles. The van der Waals surface area contributed by atoms with E-state index >= 15 is 0 Å². The fourth-order valence-corrected chi connectivity index (χ4v) is 2.83. The molecule has 0 saturated carbocycles. The number of halogens is 1. The summed E-state index contributed by atoms with van der Waals surface area (Å²) in [7, 11) is 0. The summed E-state index contributed by atoms with van der Waals surface area (Å²) in [4.78, 5) is 1.29. The Morgan fingerprint density at radius 3 is 2.59 bits per heavy atom. The van der Waals surface area contributed by atoms with Crippen LogP contribution in [0.2, 0.25) is 4.34 Å². The highest BCUT2D eigenvalue weighted by molar-refractivity contribution is 7.16. The highest BCUT2D eigenvalue weighted by atomic mass is 35.5. The minimum absolute atomic E-state index is 0.371. The Kier molecular flexibility index (Phi) is 4.60. The van der Waals surface area contributed by atoms with Crippen LogP contribution < -0.4 is 5.32 Å². The van der Waals surface area contributed by atoms with Gasteiger partial charge in [-0.05, 0) is 37.6 Å². The first-order valence-corrected chi connectivity index (χ1v) is 6.97. The lowest BCUT2D eigenvalue weighted by Crippen LogP contribution is -2.20. The van der Waals surface area contributed by atoms with Crippen molar-refractivity contribution >= 4 is 22.9 Å². The second-order valence-electron chi connectivity index (χ2n) is 4.05. The van der Waals surface area contributed by atoms with Crippen LogP contribution in [0.5, 0.6) is 0 Å². The Morgan fingerprint density at radius 1 is 1.18 bits per heavy atom. The molecule has 0 radical (unpaired) electrons. The monoisotopic (exact) mass is 265 g/mol. The lowest BCUT2D eigenvalue weighted by molar-refractivity contribution is 0.585. The molecule has 0 aliphatic carbocycles. The summed E-state index contributed by atoms with van der Waals surface area (Å²) in [6.07, 6.45) is 1.06. The standard InChI is InChI=1S/C14H16ClNS/c1-11(13-7-8-14(15)17-13)16-10-9-12-5-3-2-4-6-12/h2-8,11,16H,9-10H2,1H3. The minimum atomic E-state index is 0.371. The van der Waals surface area contributed by atoms with Crippen LogP contribution in [-0.4, -0.2) is 6.54 Å². The molecule has 1 aromatic carbocycles. The number of rotatable bonds is 5. The van der Waals surface area contributed by atoms with E-state index in [9.17, 15) is 0 Å². The van der Waals surface area contributed by atoms with Crippen molar-refractivity contribution in [3.8, 4) is 0 Å². The van der Waals surface area contributed by atoms with Gasteiger partial charge in [0.25, 0.3) is 0 Å². The van der Waals surface area contributed by atoms with Gasteiger partial charge in [0, 0.05) is 10.9 Å². The van der Waals surface area contributed by atoms with Gasteiger partial charge < -0.3 is 5.32 Å². The quantitative estimate of drug-likeness (QED) is 0.850. The topological polar surface area (TPSA) is 12.0 Å². The van der Waals surface area contributed by atoms with Crippen molar-refractivity contribution in [2.75, 3.05) is 6.54 Å². The van der Waals surface area contributed by atoms with Gasteiger partial charge in [0.15, 0.2) is 0 Å². The van der Waals surface area contributed by atoms with Crippen LogP contribution >= 0.6 is 22.9 Å². The molecule has 1 heterocycles. The first-order chi connectivity index (χ1) is 8.25. The average Bonchev–Trinajstić information content (AvgIpc) is 2.77. The summed E-state index contributed by atoms with van der Waals surface area (Å²) in [5.41, 5.74) is 1.37. The van der Waals surface area contributed by atoms with Crippen LogP contribution in [0.25, 0.3) is 0 Å². The van der Waals surface area contributed by atoms with Crippen molar-refractivity contribution in [3.05, 3.63) is 57.2 Å². The minimum Gasteiger partial charge on any atom is -0.309 e. The molecule has 17 heavy (non-hydrogen) atoms. The maximum Gasteiger partial charge on any atom is 0.0931 e. The van der Waals surface area contributed by atoms with E-state index in [0.29, 0.717) is 6.04 Å².